The number of nitrogens with one attached hydrogen (secondary N) is 1. The Kier molecular flexibility index (Phi) is 2.98. The first-order valence-corrected chi connectivity index (χ1v) is 4.84. The summed E-state index contributed by atoms with van der Waals surface area (Å²) in [6.45, 7) is 4.33. The Hall–Kier alpha value is -0.970. The van der Waals surface area contributed by atoms with Crippen molar-refractivity contribution in [2.45, 2.75) is 45.1 Å². The van der Waals surface area contributed by atoms with Crippen LogP contribution >= 0.6 is 0 Å². The summed E-state index contributed by atoms with van der Waals surface area (Å²) in [4.78, 5) is 11.0. The van der Waals surface area contributed by atoms with E-state index in [2.05, 4.69) is 25.1 Å². The lowest BCUT2D eigenvalue weighted by Crippen LogP contribution is -2.47. The van der Waals surface area contributed by atoms with Crippen LogP contribution in [0.25, 0.3) is 0 Å². The van der Waals surface area contributed by atoms with Crippen molar-refractivity contribution in [1.82, 2.24) is 5.32 Å². The van der Waals surface area contributed by atoms with Crippen molar-refractivity contribution in [1.29, 1.82) is 0 Å². The third kappa shape index (κ3) is 2.77. The fourth-order valence-electron chi connectivity index (χ4n) is 1.83. The average molecular weight is 179 g/mol. The van der Waals surface area contributed by atoms with Crippen LogP contribution in [-0.4, -0.2) is 11.4 Å². The zero-order valence-electron chi connectivity index (χ0n) is 8.39. The van der Waals surface area contributed by atoms with Gasteiger partial charge in [0.25, 0.3) is 5.91 Å². The van der Waals surface area contributed by atoms with E-state index in [0.717, 1.165) is 18.8 Å². The summed E-state index contributed by atoms with van der Waals surface area (Å²) >= 11 is 0. The van der Waals surface area contributed by atoms with Gasteiger partial charge < -0.3 is 5.32 Å². The topological polar surface area (TPSA) is 29.1 Å². The molecule has 2 nitrogen and oxygen atoms in total. The summed E-state index contributed by atoms with van der Waals surface area (Å²) in [5.41, 5.74) is -0.0596. The Balaban J connectivity index is 2.48. The molecule has 13 heavy (non-hydrogen) atoms. The Bertz CT molecular complexity index is 231. The van der Waals surface area contributed by atoms with Crippen LogP contribution in [0.5, 0.6) is 0 Å². The van der Waals surface area contributed by atoms with Crippen molar-refractivity contribution in [3.05, 3.63) is 0 Å². The highest BCUT2D eigenvalue weighted by Gasteiger charge is 2.30. The molecule has 1 saturated carbocycles. The number of amides is 1. The van der Waals surface area contributed by atoms with E-state index >= 15 is 0 Å². The summed E-state index contributed by atoms with van der Waals surface area (Å²) in [6, 6.07) is 0. The molecule has 1 rings (SSSR count). The highest BCUT2D eigenvalue weighted by atomic mass is 16.1. The number of hydrogen-bond donors (Lipinski definition) is 1. The van der Waals surface area contributed by atoms with Gasteiger partial charge in [-0.3, -0.25) is 4.79 Å². The van der Waals surface area contributed by atoms with Crippen molar-refractivity contribution in [3.63, 3.8) is 0 Å². The molecule has 0 aromatic carbocycles. The molecule has 1 aliphatic carbocycles. The number of rotatable bonds is 1. The first-order valence-electron chi connectivity index (χ1n) is 4.84. The largest absolute Gasteiger partial charge is 0.340 e. The van der Waals surface area contributed by atoms with E-state index in [0.29, 0.717) is 0 Å². The average Bonchev–Trinajstić information content (AvgIpc) is 2.10. The lowest BCUT2D eigenvalue weighted by Gasteiger charge is -2.36. The molecule has 0 spiro atoms. The van der Waals surface area contributed by atoms with Crippen LogP contribution in [0.4, 0.5) is 0 Å². The van der Waals surface area contributed by atoms with Crippen LogP contribution in [0, 0.1) is 18.3 Å². The monoisotopic (exact) mass is 179 g/mol. The summed E-state index contributed by atoms with van der Waals surface area (Å²) in [5.74, 6) is 2.61. The lowest BCUT2D eigenvalue weighted by atomic mass is 9.78. The number of terminal acetylenes is 1. The van der Waals surface area contributed by atoms with Gasteiger partial charge in [-0.25, -0.2) is 0 Å². The second-order valence-electron chi connectivity index (χ2n) is 4.34. The van der Waals surface area contributed by atoms with Crippen molar-refractivity contribution in [3.8, 4) is 12.3 Å². The smallest absolute Gasteiger partial charge is 0.296 e. The molecule has 0 saturated heterocycles. The first kappa shape index (κ1) is 10.1. The van der Waals surface area contributed by atoms with E-state index < -0.39 is 0 Å². The van der Waals surface area contributed by atoms with Crippen molar-refractivity contribution in [2.75, 3.05) is 0 Å². The van der Waals surface area contributed by atoms with Gasteiger partial charge in [-0.1, -0.05) is 6.92 Å². The zero-order chi connectivity index (χ0) is 9.90. The molecule has 72 valence electrons. The molecule has 0 aliphatic heterocycles. The van der Waals surface area contributed by atoms with Crippen LogP contribution in [0.3, 0.4) is 0 Å². The van der Waals surface area contributed by atoms with E-state index in [1.165, 1.54) is 12.8 Å². The van der Waals surface area contributed by atoms with Gasteiger partial charge in [-0.2, -0.15) is 0 Å². The molecule has 1 N–H and O–H groups in total. The summed E-state index contributed by atoms with van der Waals surface area (Å²) in [5, 5.41) is 2.89. The van der Waals surface area contributed by atoms with Gasteiger partial charge >= 0.3 is 0 Å². The van der Waals surface area contributed by atoms with Crippen LogP contribution < -0.4 is 5.32 Å². The van der Waals surface area contributed by atoms with Gasteiger partial charge in [-0.15, -0.1) is 6.42 Å². The minimum atomic E-state index is -0.281. The molecule has 0 atom stereocenters. The lowest BCUT2D eigenvalue weighted by molar-refractivity contribution is -0.117. The molecule has 0 heterocycles. The number of carbonyl (C=O) groups excluding carboxylic acids is 1. The number of carbonyl (C=O) groups is 1. The maximum absolute atomic E-state index is 11.0. The molecular weight excluding hydrogens is 162 g/mol. The minimum Gasteiger partial charge on any atom is -0.340 e. The standard InChI is InChI=1S/C11H17NO/c1-4-10(13)12-11(3)7-5-9(2)6-8-11/h1,9H,5-8H2,2-3H3,(H,12,13). The normalized spacial score (nSPS) is 33.5. The van der Waals surface area contributed by atoms with Crippen LogP contribution in [0.2, 0.25) is 0 Å². The highest BCUT2D eigenvalue weighted by molar-refractivity contribution is 5.93. The van der Waals surface area contributed by atoms with Crippen LogP contribution in [0.15, 0.2) is 0 Å². The fourth-order valence-corrected chi connectivity index (χ4v) is 1.83. The van der Waals surface area contributed by atoms with E-state index in [4.69, 9.17) is 6.42 Å². The van der Waals surface area contributed by atoms with Crippen molar-refractivity contribution < 1.29 is 4.79 Å². The molecule has 1 fully saturated rings. The maximum Gasteiger partial charge on any atom is 0.296 e. The highest BCUT2D eigenvalue weighted by Crippen LogP contribution is 2.31. The van der Waals surface area contributed by atoms with E-state index in [9.17, 15) is 4.79 Å². The SMILES string of the molecule is C#CC(=O)NC1(C)CCC(C)CC1. The molecule has 0 aromatic rings. The van der Waals surface area contributed by atoms with Crippen molar-refractivity contribution >= 4 is 5.91 Å². The predicted molar refractivity (Wildman–Crippen MR) is 53.0 cm³/mol. The third-order valence-corrected chi connectivity index (χ3v) is 2.92. The quantitative estimate of drug-likeness (QED) is 0.610. The van der Waals surface area contributed by atoms with Gasteiger partial charge in [0, 0.05) is 5.54 Å². The zero-order valence-corrected chi connectivity index (χ0v) is 8.39. The minimum absolute atomic E-state index is 0.0596. The van der Waals surface area contributed by atoms with Crippen LogP contribution in [0.1, 0.15) is 39.5 Å². The molecule has 0 radical (unpaired) electrons. The van der Waals surface area contributed by atoms with Gasteiger partial charge in [-0.05, 0) is 44.4 Å². The van der Waals surface area contributed by atoms with E-state index in [-0.39, 0.29) is 11.4 Å². The van der Waals surface area contributed by atoms with Crippen LogP contribution in [-0.2, 0) is 4.79 Å². The van der Waals surface area contributed by atoms with Gasteiger partial charge in [0.2, 0.25) is 0 Å². The summed E-state index contributed by atoms with van der Waals surface area (Å²) < 4.78 is 0. The predicted octanol–water partition coefficient (Wildman–Crippen LogP) is 1.70. The first-order chi connectivity index (χ1) is 6.06. The van der Waals surface area contributed by atoms with Gasteiger partial charge in [0.15, 0.2) is 0 Å². The fraction of sp³-hybridized carbons (Fsp3) is 0.727. The summed E-state index contributed by atoms with van der Waals surface area (Å²) in [7, 11) is 0. The molecule has 0 aromatic heterocycles. The van der Waals surface area contributed by atoms with Gasteiger partial charge in [0.1, 0.15) is 0 Å². The molecule has 0 unspecified atom stereocenters. The summed E-state index contributed by atoms with van der Waals surface area (Å²) in [6.07, 6.45) is 9.46. The Morgan fingerprint density at radius 3 is 2.54 bits per heavy atom. The van der Waals surface area contributed by atoms with Gasteiger partial charge in [0.05, 0.1) is 0 Å². The molecular formula is C11H17NO. The Labute approximate surface area is 80.1 Å². The molecule has 1 amide bonds. The van der Waals surface area contributed by atoms with E-state index in [1.54, 1.807) is 0 Å². The second kappa shape index (κ2) is 3.83. The molecule has 2 heteroatoms. The molecule has 0 bridgehead atoms. The second-order valence-corrected chi connectivity index (χ2v) is 4.34. The van der Waals surface area contributed by atoms with Crippen molar-refractivity contribution in [2.24, 2.45) is 5.92 Å². The van der Waals surface area contributed by atoms with E-state index in [1.807, 2.05) is 0 Å². The maximum atomic E-state index is 11.0. The number of hydrogen-bond acceptors (Lipinski definition) is 1. The Morgan fingerprint density at radius 1 is 1.54 bits per heavy atom. The Morgan fingerprint density at radius 2 is 2.08 bits per heavy atom. The third-order valence-electron chi connectivity index (χ3n) is 2.92. The molecule has 1 aliphatic rings.